The summed E-state index contributed by atoms with van der Waals surface area (Å²) in [4.78, 5) is 2.17. The summed E-state index contributed by atoms with van der Waals surface area (Å²) in [6.07, 6.45) is -0.929. The summed E-state index contributed by atoms with van der Waals surface area (Å²) in [5.74, 6) is 5.56. The molecule has 0 spiro atoms. The van der Waals surface area contributed by atoms with Gasteiger partial charge >= 0.3 is 0 Å². The van der Waals surface area contributed by atoms with Crippen molar-refractivity contribution in [3.05, 3.63) is 59.9 Å². The molecule has 2 nitrogen and oxygen atoms in total. The first-order chi connectivity index (χ1) is 11.2. The van der Waals surface area contributed by atoms with Gasteiger partial charge in [-0.2, -0.15) is 0 Å². The van der Waals surface area contributed by atoms with Gasteiger partial charge in [0.15, 0.2) is 0 Å². The van der Waals surface area contributed by atoms with Crippen molar-refractivity contribution in [2.24, 2.45) is 0 Å². The molecule has 2 aromatic rings. The molecule has 0 radical (unpaired) electrons. The maximum atomic E-state index is 13.6. The molecule has 0 aromatic heterocycles. The molecule has 0 saturated heterocycles. The van der Waals surface area contributed by atoms with Crippen LogP contribution in [0.25, 0.3) is 11.1 Å². The van der Waals surface area contributed by atoms with Gasteiger partial charge in [0.05, 0.1) is 6.54 Å². The number of aliphatic hydroxyl groups excluding tert-OH is 1. The quantitative estimate of drug-likeness (QED) is 0.847. The highest BCUT2D eigenvalue weighted by Gasteiger charge is 2.12. The number of nitrogens with zero attached hydrogens (tertiary/aromatic N) is 1. The van der Waals surface area contributed by atoms with Crippen molar-refractivity contribution < 1.29 is 9.50 Å². The van der Waals surface area contributed by atoms with Crippen LogP contribution in [0.5, 0.6) is 0 Å². The van der Waals surface area contributed by atoms with Gasteiger partial charge in [-0.15, -0.1) is 0 Å². The van der Waals surface area contributed by atoms with E-state index in [1.165, 1.54) is 12.1 Å². The monoisotopic (exact) mass is 311 g/mol. The van der Waals surface area contributed by atoms with E-state index in [2.05, 4.69) is 30.6 Å². The van der Waals surface area contributed by atoms with Crippen LogP contribution in [0.4, 0.5) is 4.39 Å². The summed E-state index contributed by atoms with van der Waals surface area (Å²) in [6.45, 7) is 6.62. The Labute approximate surface area is 137 Å². The molecule has 0 fully saturated rings. The molecule has 120 valence electrons. The van der Waals surface area contributed by atoms with Crippen LogP contribution in [0.1, 0.15) is 25.5 Å². The Hall–Kier alpha value is -2.15. The topological polar surface area (TPSA) is 23.5 Å². The standard InChI is InChI=1S/C20H22FNO/c1-3-22(4-2)14-8-11-20(23)18-13-12-17(21)15-19(18)16-9-6-5-7-10-16/h5-7,9-10,12-13,15,20,23H,3-4,14H2,1-2H3. The average Bonchev–Trinajstić information content (AvgIpc) is 2.59. The molecule has 1 atom stereocenters. The lowest BCUT2D eigenvalue weighted by Gasteiger charge is -2.14. The van der Waals surface area contributed by atoms with Crippen molar-refractivity contribution in [1.82, 2.24) is 4.90 Å². The predicted octanol–water partition coefficient (Wildman–Crippen LogP) is 3.87. The van der Waals surface area contributed by atoms with Crippen molar-refractivity contribution >= 4 is 0 Å². The third kappa shape index (κ3) is 4.66. The molecule has 0 heterocycles. The zero-order chi connectivity index (χ0) is 16.7. The summed E-state index contributed by atoms with van der Waals surface area (Å²) in [5, 5.41) is 10.4. The average molecular weight is 311 g/mol. The van der Waals surface area contributed by atoms with Crippen LogP contribution >= 0.6 is 0 Å². The molecule has 0 bridgehead atoms. The van der Waals surface area contributed by atoms with Crippen LogP contribution in [0.2, 0.25) is 0 Å². The smallest absolute Gasteiger partial charge is 0.140 e. The van der Waals surface area contributed by atoms with E-state index in [1.54, 1.807) is 6.07 Å². The molecule has 3 heteroatoms. The minimum atomic E-state index is -0.929. The van der Waals surface area contributed by atoms with Gasteiger partial charge in [-0.1, -0.05) is 62.1 Å². The SMILES string of the molecule is CCN(CC)CC#CC(O)c1ccc(F)cc1-c1ccccc1. The zero-order valence-corrected chi connectivity index (χ0v) is 13.6. The van der Waals surface area contributed by atoms with E-state index in [-0.39, 0.29) is 5.82 Å². The van der Waals surface area contributed by atoms with E-state index in [9.17, 15) is 9.50 Å². The molecule has 0 aliphatic rings. The molecular weight excluding hydrogens is 289 g/mol. The second-order valence-corrected chi connectivity index (χ2v) is 5.28. The minimum Gasteiger partial charge on any atom is -0.376 e. The Kier molecular flexibility index (Phi) is 6.34. The van der Waals surface area contributed by atoms with Crippen LogP contribution in [0, 0.1) is 17.7 Å². The maximum Gasteiger partial charge on any atom is 0.140 e. The van der Waals surface area contributed by atoms with Crippen LogP contribution < -0.4 is 0 Å². The van der Waals surface area contributed by atoms with Crippen LogP contribution in [0.3, 0.4) is 0 Å². The first-order valence-corrected chi connectivity index (χ1v) is 7.89. The van der Waals surface area contributed by atoms with Gasteiger partial charge in [-0.25, -0.2) is 4.39 Å². The molecule has 0 aliphatic carbocycles. The Morgan fingerprint density at radius 1 is 1.09 bits per heavy atom. The van der Waals surface area contributed by atoms with E-state index < -0.39 is 6.10 Å². The second kappa shape index (κ2) is 8.47. The van der Waals surface area contributed by atoms with Gasteiger partial charge in [-0.3, -0.25) is 4.90 Å². The summed E-state index contributed by atoms with van der Waals surface area (Å²) >= 11 is 0. The van der Waals surface area contributed by atoms with Crippen molar-refractivity contribution in [2.75, 3.05) is 19.6 Å². The van der Waals surface area contributed by atoms with Crippen LogP contribution in [-0.2, 0) is 0 Å². The van der Waals surface area contributed by atoms with Gasteiger partial charge < -0.3 is 5.11 Å². The fourth-order valence-corrected chi connectivity index (χ4v) is 2.41. The van der Waals surface area contributed by atoms with Crippen molar-refractivity contribution in [2.45, 2.75) is 20.0 Å². The van der Waals surface area contributed by atoms with Gasteiger partial charge in [0.25, 0.3) is 0 Å². The van der Waals surface area contributed by atoms with Crippen LogP contribution in [-0.4, -0.2) is 29.6 Å². The number of halogens is 1. The lowest BCUT2D eigenvalue weighted by atomic mass is 9.96. The number of rotatable bonds is 5. The number of benzene rings is 2. The van der Waals surface area contributed by atoms with E-state index in [0.29, 0.717) is 17.7 Å². The predicted molar refractivity (Wildman–Crippen MR) is 92.4 cm³/mol. The van der Waals surface area contributed by atoms with E-state index in [0.717, 1.165) is 18.7 Å². The highest BCUT2D eigenvalue weighted by molar-refractivity contribution is 5.68. The molecule has 0 aliphatic heterocycles. The summed E-state index contributed by atoms with van der Waals surface area (Å²) in [6, 6.07) is 13.9. The summed E-state index contributed by atoms with van der Waals surface area (Å²) in [5.41, 5.74) is 2.17. The maximum absolute atomic E-state index is 13.6. The summed E-state index contributed by atoms with van der Waals surface area (Å²) in [7, 11) is 0. The van der Waals surface area contributed by atoms with Crippen LogP contribution in [0.15, 0.2) is 48.5 Å². The number of hydrogen-bond acceptors (Lipinski definition) is 2. The normalized spacial score (nSPS) is 11.9. The first kappa shape index (κ1) is 17.2. The molecule has 1 N–H and O–H groups in total. The third-order valence-electron chi connectivity index (χ3n) is 3.83. The van der Waals surface area contributed by atoms with E-state index in [4.69, 9.17) is 0 Å². The van der Waals surface area contributed by atoms with Crippen molar-refractivity contribution in [3.8, 4) is 23.0 Å². The Morgan fingerprint density at radius 2 is 1.78 bits per heavy atom. The Bertz CT molecular complexity index is 684. The van der Waals surface area contributed by atoms with Crippen molar-refractivity contribution in [3.63, 3.8) is 0 Å². The van der Waals surface area contributed by atoms with E-state index in [1.807, 2.05) is 30.3 Å². The lowest BCUT2D eigenvalue weighted by Crippen LogP contribution is -2.23. The fraction of sp³-hybridized carbons (Fsp3) is 0.300. The van der Waals surface area contributed by atoms with Crippen molar-refractivity contribution in [1.29, 1.82) is 0 Å². The van der Waals surface area contributed by atoms with E-state index >= 15 is 0 Å². The third-order valence-corrected chi connectivity index (χ3v) is 3.83. The number of hydrogen-bond donors (Lipinski definition) is 1. The first-order valence-electron chi connectivity index (χ1n) is 7.89. The Morgan fingerprint density at radius 3 is 2.43 bits per heavy atom. The highest BCUT2D eigenvalue weighted by atomic mass is 19.1. The summed E-state index contributed by atoms with van der Waals surface area (Å²) < 4.78 is 13.6. The molecule has 23 heavy (non-hydrogen) atoms. The van der Waals surface area contributed by atoms with Gasteiger partial charge in [-0.05, 0) is 36.3 Å². The number of aliphatic hydroxyl groups is 1. The second-order valence-electron chi connectivity index (χ2n) is 5.28. The molecule has 2 aromatic carbocycles. The zero-order valence-electron chi connectivity index (χ0n) is 13.6. The van der Waals surface area contributed by atoms with Gasteiger partial charge in [0.2, 0.25) is 0 Å². The fourth-order valence-electron chi connectivity index (χ4n) is 2.41. The molecule has 2 rings (SSSR count). The minimum absolute atomic E-state index is 0.323. The molecule has 0 amide bonds. The lowest BCUT2D eigenvalue weighted by molar-refractivity contribution is 0.238. The molecule has 0 saturated carbocycles. The molecule has 1 unspecified atom stereocenters. The highest BCUT2D eigenvalue weighted by Crippen LogP contribution is 2.28. The van der Waals surface area contributed by atoms with Gasteiger partial charge in [0, 0.05) is 5.56 Å². The van der Waals surface area contributed by atoms with Gasteiger partial charge in [0.1, 0.15) is 11.9 Å². The molecular formula is C20H22FNO. The Balaban J connectivity index is 2.27. The largest absolute Gasteiger partial charge is 0.376 e.